The summed E-state index contributed by atoms with van der Waals surface area (Å²) in [5.74, 6) is 0.548. The SMILES string of the molecule is COc1ccc2c(c1)OCC(Cc1ccc(F)c(C(N)=O)c1)C2. The van der Waals surface area contributed by atoms with Crippen LogP contribution in [0.1, 0.15) is 21.5 Å². The standard InChI is InChI=1S/C18H18FNO3/c1-22-14-4-3-13-7-12(10-23-17(13)9-14)6-11-2-5-16(19)15(8-11)18(20)21/h2-5,8-9,12H,6-7,10H2,1H3,(H2,20,21). The van der Waals surface area contributed by atoms with Crippen molar-refractivity contribution in [2.24, 2.45) is 11.7 Å². The van der Waals surface area contributed by atoms with Crippen LogP contribution in [0.2, 0.25) is 0 Å². The number of benzene rings is 2. The monoisotopic (exact) mass is 315 g/mol. The fourth-order valence-electron chi connectivity index (χ4n) is 2.90. The summed E-state index contributed by atoms with van der Waals surface area (Å²) in [7, 11) is 1.62. The molecule has 1 amide bonds. The van der Waals surface area contributed by atoms with E-state index in [1.165, 1.54) is 12.1 Å². The zero-order chi connectivity index (χ0) is 16.4. The number of fused-ring (bicyclic) bond motifs is 1. The first-order chi connectivity index (χ1) is 11.1. The third-order valence-electron chi connectivity index (χ3n) is 4.08. The third kappa shape index (κ3) is 3.28. The molecule has 3 rings (SSSR count). The maximum atomic E-state index is 13.5. The zero-order valence-corrected chi connectivity index (χ0v) is 12.8. The number of ether oxygens (including phenoxy) is 2. The molecule has 2 aromatic carbocycles. The van der Waals surface area contributed by atoms with Crippen LogP contribution in [0.3, 0.4) is 0 Å². The molecule has 0 fully saturated rings. The third-order valence-corrected chi connectivity index (χ3v) is 4.08. The average Bonchev–Trinajstić information content (AvgIpc) is 2.56. The van der Waals surface area contributed by atoms with Crippen LogP contribution in [0.5, 0.6) is 11.5 Å². The van der Waals surface area contributed by atoms with Gasteiger partial charge >= 0.3 is 0 Å². The largest absolute Gasteiger partial charge is 0.497 e. The predicted octanol–water partition coefficient (Wildman–Crippen LogP) is 2.73. The highest BCUT2D eigenvalue weighted by molar-refractivity contribution is 5.93. The second kappa shape index (κ2) is 6.28. The van der Waals surface area contributed by atoms with Crippen LogP contribution in [-0.4, -0.2) is 19.6 Å². The van der Waals surface area contributed by atoms with Crippen LogP contribution in [0, 0.1) is 11.7 Å². The quantitative estimate of drug-likeness (QED) is 0.943. The Hall–Kier alpha value is -2.56. The second-order valence-corrected chi connectivity index (χ2v) is 5.74. The van der Waals surface area contributed by atoms with E-state index >= 15 is 0 Å². The van der Waals surface area contributed by atoms with Crippen molar-refractivity contribution in [3.8, 4) is 11.5 Å². The highest BCUT2D eigenvalue weighted by atomic mass is 19.1. The molecule has 120 valence electrons. The minimum Gasteiger partial charge on any atom is -0.497 e. The summed E-state index contributed by atoms with van der Waals surface area (Å²) in [5, 5.41) is 0. The number of hydrogen-bond donors (Lipinski definition) is 1. The van der Waals surface area contributed by atoms with Gasteiger partial charge < -0.3 is 15.2 Å². The van der Waals surface area contributed by atoms with E-state index in [0.29, 0.717) is 13.0 Å². The van der Waals surface area contributed by atoms with Crippen molar-refractivity contribution in [1.82, 2.24) is 0 Å². The minimum absolute atomic E-state index is 0.0654. The maximum absolute atomic E-state index is 13.5. The van der Waals surface area contributed by atoms with Gasteiger partial charge in [0.1, 0.15) is 17.3 Å². The lowest BCUT2D eigenvalue weighted by atomic mass is 9.90. The smallest absolute Gasteiger partial charge is 0.251 e. The first-order valence-corrected chi connectivity index (χ1v) is 7.44. The fraction of sp³-hybridized carbons (Fsp3) is 0.278. The van der Waals surface area contributed by atoms with Crippen molar-refractivity contribution in [1.29, 1.82) is 0 Å². The number of halogens is 1. The van der Waals surface area contributed by atoms with Gasteiger partial charge in [-0.15, -0.1) is 0 Å². The van der Waals surface area contributed by atoms with E-state index in [4.69, 9.17) is 15.2 Å². The number of nitrogens with two attached hydrogens (primary N) is 1. The molecule has 2 N–H and O–H groups in total. The van der Waals surface area contributed by atoms with Gasteiger partial charge in [-0.1, -0.05) is 12.1 Å². The molecule has 0 saturated carbocycles. The molecule has 0 aliphatic carbocycles. The number of primary amides is 1. The first-order valence-electron chi connectivity index (χ1n) is 7.44. The molecule has 2 aromatic rings. The molecule has 0 bridgehead atoms. The number of carbonyl (C=O) groups is 1. The second-order valence-electron chi connectivity index (χ2n) is 5.74. The normalized spacial score (nSPS) is 16.3. The molecule has 23 heavy (non-hydrogen) atoms. The van der Waals surface area contributed by atoms with Crippen molar-refractivity contribution >= 4 is 5.91 Å². The van der Waals surface area contributed by atoms with Crippen molar-refractivity contribution in [2.45, 2.75) is 12.8 Å². The van der Waals surface area contributed by atoms with E-state index in [-0.39, 0.29) is 11.5 Å². The lowest BCUT2D eigenvalue weighted by molar-refractivity contribution is 0.0996. The van der Waals surface area contributed by atoms with Gasteiger partial charge in [0.15, 0.2) is 0 Å². The summed E-state index contributed by atoms with van der Waals surface area (Å²) >= 11 is 0. The number of rotatable bonds is 4. The number of methoxy groups -OCH3 is 1. The van der Waals surface area contributed by atoms with Gasteiger partial charge in [0.25, 0.3) is 5.91 Å². The van der Waals surface area contributed by atoms with Gasteiger partial charge in [0, 0.05) is 12.0 Å². The topological polar surface area (TPSA) is 61.6 Å². The Bertz CT molecular complexity index is 745. The van der Waals surface area contributed by atoms with Crippen LogP contribution in [0.4, 0.5) is 4.39 Å². The van der Waals surface area contributed by atoms with Crippen LogP contribution in [0.25, 0.3) is 0 Å². The lowest BCUT2D eigenvalue weighted by Crippen LogP contribution is -2.23. The Morgan fingerprint density at radius 3 is 2.91 bits per heavy atom. The van der Waals surface area contributed by atoms with Crippen molar-refractivity contribution < 1.29 is 18.7 Å². The molecule has 0 radical (unpaired) electrons. The van der Waals surface area contributed by atoms with Gasteiger partial charge in [-0.05, 0) is 42.2 Å². The highest BCUT2D eigenvalue weighted by Crippen LogP contribution is 2.32. The summed E-state index contributed by atoms with van der Waals surface area (Å²) < 4.78 is 24.5. The molecule has 0 aromatic heterocycles. The summed E-state index contributed by atoms with van der Waals surface area (Å²) in [5.41, 5.74) is 7.13. The van der Waals surface area contributed by atoms with Gasteiger partial charge in [0.05, 0.1) is 19.3 Å². The Morgan fingerprint density at radius 1 is 1.35 bits per heavy atom. The van der Waals surface area contributed by atoms with Crippen LogP contribution in [0.15, 0.2) is 36.4 Å². The van der Waals surface area contributed by atoms with Crippen LogP contribution >= 0.6 is 0 Å². The highest BCUT2D eigenvalue weighted by Gasteiger charge is 2.21. The number of carbonyl (C=O) groups excluding carboxylic acids is 1. The fourth-order valence-corrected chi connectivity index (χ4v) is 2.90. The number of amides is 1. The van der Waals surface area contributed by atoms with Crippen molar-refractivity contribution in [3.05, 3.63) is 58.9 Å². The van der Waals surface area contributed by atoms with E-state index in [9.17, 15) is 9.18 Å². The Balaban J connectivity index is 1.75. The van der Waals surface area contributed by atoms with Crippen LogP contribution in [-0.2, 0) is 12.8 Å². The van der Waals surface area contributed by atoms with E-state index in [0.717, 1.165) is 29.0 Å². The molecule has 5 heteroatoms. The van der Waals surface area contributed by atoms with Crippen molar-refractivity contribution in [2.75, 3.05) is 13.7 Å². The maximum Gasteiger partial charge on any atom is 0.251 e. The van der Waals surface area contributed by atoms with Crippen LogP contribution < -0.4 is 15.2 Å². The van der Waals surface area contributed by atoms with Crippen molar-refractivity contribution in [3.63, 3.8) is 0 Å². The molecular weight excluding hydrogens is 297 g/mol. The molecule has 0 spiro atoms. The molecule has 1 unspecified atom stereocenters. The summed E-state index contributed by atoms with van der Waals surface area (Å²) in [6.45, 7) is 0.573. The van der Waals surface area contributed by atoms with E-state index in [1.54, 1.807) is 13.2 Å². The van der Waals surface area contributed by atoms with E-state index in [2.05, 4.69) is 0 Å². The molecule has 0 saturated heterocycles. The van der Waals surface area contributed by atoms with E-state index < -0.39 is 11.7 Å². The number of hydrogen-bond acceptors (Lipinski definition) is 3. The molecular formula is C18H18FNO3. The molecule has 4 nitrogen and oxygen atoms in total. The zero-order valence-electron chi connectivity index (χ0n) is 12.8. The van der Waals surface area contributed by atoms with Gasteiger partial charge in [-0.3, -0.25) is 4.79 Å². The Morgan fingerprint density at radius 2 is 2.17 bits per heavy atom. The summed E-state index contributed by atoms with van der Waals surface area (Å²) in [6.07, 6.45) is 1.56. The van der Waals surface area contributed by atoms with Gasteiger partial charge in [-0.25, -0.2) is 4.39 Å². The molecule has 1 aliphatic heterocycles. The Kier molecular flexibility index (Phi) is 4.19. The van der Waals surface area contributed by atoms with E-state index in [1.807, 2.05) is 18.2 Å². The molecule has 1 atom stereocenters. The lowest BCUT2D eigenvalue weighted by Gasteiger charge is -2.25. The minimum atomic E-state index is -0.748. The van der Waals surface area contributed by atoms with Gasteiger partial charge in [-0.2, -0.15) is 0 Å². The average molecular weight is 315 g/mol. The molecule has 1 aliphatic rings. The van der Waals surface area contributed by atoms with Gasteiger partial charge in [0.2, 0.25) is 0 Å². The summed E-state index contributed by atoms with van der Waals surface area (Å²) in [4.78, 5) is 11.2. The molecule has 1 heterocycles. The predicted molar refractivity (Wildman–Crippen MR) is 84.3 cm³/mol. The first kappa shape index (κ1) is 15.3. The summed E-state index contributed by atoms with van der Waals surface area (Å²) in [6, 6.07) is 10.3. The Labute approximate surface area is 134 Å².